The number of thioether (sulfide) groups is 1. The third-order valence-corrected chi connectivity index (χ3v) is 4.30. The molecule has 4 heteroatoms. The Morgan fingerprint density at radius 3 is 3.06 bits per heavy atom. The first-order valence-corrected chi connectivity index (χ1v) is 7.16. The summed E-state index contributed by atoms with van der Waals surface area (Å²) in [5.41, 5.74) is 1.27. The Morgan fingerprint density at radius 2 is 2.44 bits per heavy atom. The lowest BCUT2D eigenvalue weighted by molar-refractivity contribution is -0.112. The molecule has 0 aromatic carbocycles. The van der Waals surface area contributed by atoms with Crippen LogP contribution in [0.2, 0.25) is 0 Å². The lowest BCUT2D eigenvalue weighted by Crippen LogP contribution is -2.22. The van der Waals surface area contributed by atoms with Crippen molar-refractivity contribution in [3.05, 3.63) is 34.7 Å². The number of allylic oxidation sites excluding steroid dienone is 3. The molecule has 3 nitrogen and oxygen atoms in total. The summed E-state index contributed by atoms with van der Waals surface area (Å²) in [6.45, 7) is 4.71. The molecule has 2 rings (SSSR count). The lowest BCUT2D eigenvalue weighted by atomic mass is 10.1. The van der Waals surface area contributed by atoms with Crippen LogP contribution < -0.4 is 0 Å². The van der Waals surface area contributed by atoms with Gasteiger partial charge in [-0.05, 0) is 25.8 Å². The Labute approximate surface area is 113 Å². The van der Waals surface area contributed by atoms with Crippen molar-refractivity contribution < 1.29 is 9.53 Å². The van der Waals surface area contributed by atoms with Crippen LogP contribution in [0.1, 0.15) is 26.7 Å². The van der Waals surface area contributed by atoms with Crippen molar-refractivity contribution in [2.24, 2.45) is 0 Å². The second-order valence-corrected chi connectivity index (χ2v) is 5.69. The molecule has 1 atom stereocenters. The fourth-order valence-electron chi connectivity index (χ4n) is 2.23. The van der Waals surface area contributed by atoms with Crippen LogP contribution in [0.4, 0.5) is 0 Å². The summed E-state index contributed by atoms with van der Waals surface area (Å²) in [5.74, 6) is 1.03. The number of carbonyl (C=O) groups is 1. The van der Waals surface area contributed by atoms with E-state index >= 15 is 0 Å². The first-order chi connectivity index (χ1) is 8.65. The highest BCUT2D eigenvalue weighted by Crippen LogP contribution is 2.45. The smallest absolute Gasteiger partial charge is 0.155 e. The fourth-order valence-corrected chi connectivity index (χ4v) is 3.59. The number of hydrogen-bond donors (Lipinski definition) is 0. The zero-order chi connectivity index (χ0) is 13.1. The van der Waals surface area contributed by atoms with Crippen LogP contribution in [0.3, 0.4) is 0 Å². The van der Waals surface area contributed by atoms with Gasteiger partial charge in [-0.25, -0.2) is 0 Å². The molecule has 1 heterocycles. The molecule has 1 aliphatic heterocycles. The number of rotatable bonds is 4. The largest absolute Gasteiger partial charge is 0.497 e. The average molecular weight is 265 g/mol. The molecule has 98 valence electrons. The van der Waals surface area contributed by atoms with Gasteiger partial charge >= 0.3 is 0 Å². The van der Waals surface area contributed by atoms with Crippen LogP contribution in [-0.4, -0.2) is 29.6 Å². The normalized spacial score (nSPS) is 24.7. The first kappa shape index (κ1) is 13.3. The second-order valence-electron chi connectivity index (χ2n) is 4.47. The van der Waals surface area contributed by atoms with Crippen LogP contribution in [0, 0.1) is 0 Å². The van der Waals surface area contributed by atoms with E-state index in [1.807, 2.05) is 0 Å². The summed E-state index contributed by atoms with van der Waals surface area (Å²) >= 11 is 1.78. The van der Waals surface area contributed by atoms with Crippen molar-refractivity contribution in [3.63, 3.8) is 0 Å². The molecule has 2 aliphatic rings. The summed E-state index contributed by atoms with van der Waals surface area (Å²) < 4.78 is 5.30. The average Bonchev–Trinajstić information content (AvgIpc) is 2.66. The molecule has 1 saturated heterocycles. The van der Waals surface area contributed by atoms with Gasteiger partial charge in [0, 0.05) is 24.4 Å². The summed E-state index contributed by atoms with van der Waals surface area (Å²) in [4.78, 5) is 13.6. The standard InChI is InChI=1S/C14H19NO2S/c1-4-7-15-12-9-11(17-3)5-6-13(12)18-14(15)8-10(2)16/h5,8-9,13H,4,6-7H2,1-3H3/b14-8-. The second kappa shape index (κ2) is 5.65. The van der Waals surface area contributed by atoms with E-state index in [9.17, 15) is 4.79 Å². The molecule has 0 aromatic heterocycles. The van der Waals surface area contributed by atoms with E-state index in [-0.39, 0.29) is 5.78 Å². The molecular weight excluding hydrogens is 246 g/mol. The van der Waals surface area contributed by atoms with E-state index in [0.717, 1.165) is 30.2 Å². The maximum Gasteiger partial charge on any atom is 0.155 e. The Bertz CT molecular complexity index is 437. The quantitative estimate of drug-likeness (QED) is 0.731. The zero-order valence-corrected chi connectivity index (χ0v) is 11.9. The van der Waals surface area contributed by atoms with E-state index in [4.69, 9.17) is 4.74 Å². The van der Waals surface area contributed by atoms with E-state index in [1.165, 1.54) is 5.70 Å². The van der Waals surface area contributed by atoms with Gasteiger partial charge in [-0.2, -0.15) is 0 Å². The monoisotopic (exact) mass is 265 g/mol. The van der Waals surface area contributed by atoms with E-state index in [0.29, 0.717) is 5.25 Å². The van der Waals surface area contributed by atoms with Crippen molar-refractivity contribution in [2.45, 2.75) is 31.9 Å². The molecule has 1 fully saturated rings. The lowest BCUT2D eigenvalue weighted by Gasteiger charge is -2.23. The highest BCUT2D eigenvalue weighted by atomic mass is 32.2. The minimum Gasteiger partial charge on any atom is -0.497 e. The Balaban J connectivity index is 2.29. The van der Waals surface area contributed by atoms with Crippen molar-refractivity contribution in [1.82, 2.24) is 4.90 Å². The fraction of sp³-hybridized carbons (Fsp3) is 0.500. The van der Waals surface area contributed by atoms with Crippen LogP contribution in [0.25, 0.3) is 0 Å². The van der Waals surface area contributed by atoms with Gasteiger partial charge in [0.1, 0.15) is 5.76 Å². The van der Waals surface area contributed by atoms with Gasteiger partial charge in [0.15, 0.2) is 5.78 Å². The maximum absolute atomic E-state index is 11.3. The predicted molar refractivity (Wildman–Crippen MR) is 74.9 cm³/mol. The topological polar surface area (TPSA) is 29.5 Å². The van der Waals surface area contributed by atoms with E-state index in [2.05, 4.69) is 24.0 Å². The number of ketones is 1. The number of carbonyl (C=O) groups excluding carboxylic acids is 1. The summed E-state index contributed by atoms with van der Waals surface area (Å²) in [6.07, 6.45) is 7.98. The highest BCUT2D eigenvalue weighted by molar-refractivity contribution is 8.04. The van der Waals surface area contributed by atoms with Gasteiger partial charge in [0.25, 0.3) is 0 Å². The third kappa shape index (κ3) is 2.64. The Hall–Kier alpha value is -1.16. The molecule has 0 N–H and O–H groups in total. The molecule has 0 saturated carbocycles. The van der Waals surface area contributed by atoms with Gasteiger partial charge in [0.2, 0.25) is 0 Å². The summed E-state index contributed by atoms with van der Waals surface area (Å²) in [6, 6.07) is 0. The molecule has 18 heavy (non-hydrogen) atoms. The van der Waals surface area contributed by atoms with E-state index in [1.54, 1.807) is 31.9 Å². The Morgan fingerprint density at radius 1 is 1.67 bits per heavy atom. The predicted octanol–water partition coefficient (Wildman–Crippen LogP) is 3.06. The van der Waals surface area contributed by atoms with Gasteiger partial charge in [0.05, 0.1) is 17.4 Å². The van der Waals surface area contributed by atoms with Crippen molar-refractivity contribution in [1.29, 1.82) is 0 Å². The third-order valence-electron chi connectivity index (χ3n) is 3.00. The maximum atomic E-state index is 11.3. The van der Waals surface area contributed by atoms with Crippen molar-refractivity contribution in [2.75, 3.05) is 13.7 Å². The van der Waals surface area contributed by atoms with Gasteiger partial charge in [-0.1, -0.05) is 18.7 Å². The molecule has 0 aromatic rings. The van der Waals surface area contributed by atoms with Crippen LogP contribution >= 0.6 is 11.8 Å². The number of nitrogens with zero attached hydrogens (tertiary/aromatic N) is 1. The van der Waals surface area contributed by atoms with Crippen molar-refractivity contribution >= 4 is 17.5 Å². The number of hydrogen-bond acceptors (Lipinski definition) is 4. The molecule has 0 spiro atoms. The van der Waals surface area contributed by atoms with E-state index < -0.39 is 0 Å². The molecule has 1 aliphatic carbocycles. The van der Waals surface area contributed by atoms with Crippen LogP contribution in [-0.2, 0) is 9.53 Å². The van der Waals surface area contributed by atoms with Crippen LogP contribution in [0.5, 0.6) is 0 Å². The summed E-state index contributed by atoms with van der Waals surface area (Å²) in [5, 5.41) is 1.51. The minimum atomic E-state index is 0.109. The molecule has 1 unspecified atom stereocenters. The first-order valence-electron chi connectivity index (χ1n) is 6.28. The zero-order valence-electron chi connectivity index (χ0n) is 11.1. The molecule has 0 amide bonds. The van der Waals surface area contributed by atoms with Gasteiger partial charge < -0.3 is 9.64 Å². The molecule has 0 radical (unpaired) electrons. The molecule has 0 bridgehead atoms. The number of fused-ring (bicyclic) bond motifs is 1. The van der Waals surface area contributed by atoms with Gasteiger partial charge in [-0.3, -0.25) is 4.79 Å². The molecular formula is C14H19NO2S. The van der Waals surface area contributed by atoms with Crippen LogP contribution in [0.15, 0.2) is 34.7 Å². The Kier molecular flexibility index (Phi) is 4.17. The number of ether oxygens (including phenoxy) is 1. The van der Waals surface area contributed by atoms with Gasteiger partial charge in [-0.15, -0.1) is 0 Å². The number of methoxy groups -OCH3 is 1. The SMILES string of the molecule is CCCN1C2=CC(OC)=CCC2S/C1=C\C(C)=O. The minimum absolute atomic E-state index is 0.109. The highest BCUT2D eigenvalue weighted by Gasteiger charge is 2.34. The van der Waals surface area contributed by atoms with Crippen molar-refractivity contribution in [3.8, 4) is 0 Å². The summed E-state index contributed by atoms with van der Waals surface area (Å²) in [7, 11) is 1.70.